The molecular weight excluding hydrogens is 948 g/mol. The summed E-state index contributed by atoms with van der Waals surface area (Å²) in [6.07, 6.45) is 77.7. The number of carbonyl (C=O) groups is 1. The molecule has 0 aromatic heterocycles. The van der Waals surface area contributed by atoms with E-state index in [2.05, 4.69) is 67.8 Å². The number of allylic oxidation sites excluding steroid dienone is 9. The lowest BCUT2D eigenvalue weighted by Crippen LogP contribution is -2.45. The number of phosphoric ester groups is 1. The van der Waals surface area contributed by atoms with Gasteiger partial charge in [-0.15, -0.1) is 0 Å². The molecule has 75 heavy (non-hydrogen) atoms. The molecular formula is C66H126N2O6P+. The maximum atomic E-state index is 13.0. The number of rotatable bonds is 59. The van der Waals surface area contributed by atoms with E-state index in [0.29, 0.717) is 17.4 Å². The second-order valence-corrected chi connectivity index (χ2v) is 24.6. The smallest absolute Gasteiger partial charge is 0.387 e. The Balaban J connectivity index is 4.12. The van der Waals surface area contributed by atoms with E-state index in [1.165, 1.54) is 218 Å². The first-order chi connectivity index (χ1) is 36.5. The number of aliphatic hydroxyl groups is 1. The predicted molar refractivity (Wildman–Crippen MR) is 327 cm³/mol. The molecule has 9 heteroatoms. The molecule has 0 fully saturated rings. The molecule has 0 aliphatic rings. The highest BCUT2D eigenvalue weighted by Crippen LogP contribution is 2.43. The summed E-state index contributed by atoms with van der Waals surface area (Å²) in [5.41, 5.74) is 0. The molecule has 0 heterocycles. The summed E-state index contributed by atoms with van der Waals surface area (Å²) in [7, 11) is 1.57. The number of quaternary nitrogens is 1. The Hall–Kier alpha value is -1.80. The van der Waals surface area contributed by atoms with Crippen molar-refractivity contribution in [3.63, 3.8) is 0 Å². The van der Waals surface area contributed by atoms with Gasteiger partial charge in [-0.1, -0.05) is 299 Å². The number of aliphatic hydroxyl groups excluding tert-OH is 1. The fraction of sp³-hybridized carbons (Fsp3) is 0.833. The van der Waals surface area contributed by atoms with Crippen LogP contribution in [0.1, 0.15) is 303 Å². The van der Waals surface area contributed by atoms with Crippen LogP contribution in [0.25, 0.3) is 0 Å². The first-order valence-electron chi connectivity index (χ1n) is 32.2. The molecule has 1 amide bonds. The number of nitrogens with one attached hydrogen (secondary N) is 1. The fourth-order valence-electron chi connectivity index (χ4n) is 9.51. The summed E-state index contributed by atoms with van der Waals surface area (Å²) in [5.74, 6) is -0.180. The van der Waals surface area contributed by atoms with E-state index in [1.54, 1.807) is 6.08 Å². The quantitative estimate of drug-likeness (QED) is 0.0243. The van der Waals surface area contributed by atoms with Crippen LogP contribution in [0.3, 0.4) is 0 Å². The van der Waals surface area contributed by atoms with Gasteiger partial charge in [0.25, 0.3) is 0 Å². The SMILES string of the molecule is CC/C=C\C/C=C\C/C=C\C/C=C\CCCCCCCCCCCCC(=O)NC(COP(=O)(O)OCC[N+](C)(C)C)C(O)/C=C/CCCCCCCCCCCCCCCCCCCCCCCCCCCCCC. The molecule has 440 valence electrons. The lowest BCUT2D eigenvalue weighted by molar-refractivity contribution is -0.870. The molecule has 0 rings (SSSR count). The highest BCUT2D eigenvalue weighted by Gasteiger charge is 2.28. The fourth-order valence-corrected chi connectivity index (χ4v) is 10.2. The van der Waals surface area contributed by atoms with Gasteiger partial charge in [0.15, 0.2) is 0 Å². The molecule has 3 N–H and O–H groups in total. The minimum Gasteiger partial charge on any atom is -0.387 e. The van der Waals surface area contributed by atoms with Crippen molar-refractivity contribution >= 4 is 13.7 Å². The van der Waals surface area contributed by atoms with E-state index in [4.69, 9.17) is 9.05 Å². The number of unbranched alkanes of at least 4 members (excludes halogenated alkanes) is 38. The van der Waals surface area contributed by atoms with Crippen LogP contribution in [0, 0.1) is 0 Å². The Morgan fingerprint density at radius 2 is 0.800 bits per heavy atom. The van der Waals surface area contributed by atoms with Crippen molar-refractivity contribution in [1.82, 2.24) is 5.32 Å². The van der Waals surface area contributed by atoms with Gasteiger partial charge >= 0.3 is 7.82 Å². The van der Waals surface area contributed by atoms with Crippen molar-refractivity contribution < 1.29 is 32.9 Å². The van der Waals surface area contributed by atoms with Gasteiger partial charge < -0.3 is 19.8 Å². The van der Waals surface area contributed by atoms with Crippen LogP contribution in [-0.2, 0) is 18.4 Å². The third kappa shape index (κ3) is 59.7. The number of carbonyl (C=O) groups excluding carboxylic acids is 1. The summed E-state index contributed by atoms with van der Waals surface area (Å²) in [5, 5.41) is 14.0. The second-order valence-electron chi connectivity index (χ2n) is 23.1. The van der Waals surface area contributed by atoms with E-state index < -0.39 is 20.0 Å². The Morgan fingerprint density at radius 1 is 0.467 bits per heavy atom. The summed E-state index contributed by atoms with van der Waals surface area (Å²) in [4.78, 5) is 23.4. The molecule has 0 bridgehead atoms. The number of phosphoric acid groups is 1. The zero-order valence-corrected chi connectivity index (χ0v) is 51.2. The molecule has 0 aliphatic carbocycles. The van der Waals surface area contributed by atoms with Gasteiger partial charge in [0.1, 0.15) is 13.2 Å². The van der Waals surface area contributed by atoms with Gasteiger partial charge in [-0.2, -0.15) is 0 Å². The lowest BCUT2D eigenvalue weighted by Gasteiger charge is -2.25. The Labute approximate surface area is 466 Å². The standard InChI is InChI=1S/C66H125N2O6P/c1-6-8-10-12-14-16-18-20-22-24-26-28-30-31-32-33-34-35-36-38-39-41-43-45-47-49-51-53-55-57-59-65(69)64(63-74-75(71,72)73-62-61-68(3,4)5)67-66(70)60-58-56-54-52-50-48-46-44-42-40-37-29-27-25-23-21-19-17-15-13-11-9-7-2/h9,11,15,17,21,23,27,29,57,59,64-65,69H,6-8,10,12-14,16,18-20,22,24-26,28,30-56,58,60-63H2,1-5H3,(H-,67,70,71,72)/p+1/b11-9-,17-15-,23-21-,29-27-,59-57+. The van der Waals surface area contributed by atoms with Crippen LogP contribution in [0.15, 0.2) is 60.8 Å². The van der Waals surface area contributed by atoms with Gasteiger partial charge in [-0.05, 0) is 57.8 Å². The number of hydrogen-bond acceptors (Lipinski definition) is 5. The molecule has 0 aliphatic heterocycles. The van der Waals surface area contributed by atoms with E-state index >= 15 is 0 Å². The average Bonchev–Trinajstić information content (AvgIpc) is 3.37. The van der Waals surface area contributed by atoms with Gasteiger partial charge in [0, 0.05) is 6.42 Å². The minimum atomic E-state index is -4.35. The largest absolute Gasteiger partial charge is 0.472 e. The van der Waals surface area contributed by atoms with Crippen LogP contribution in [-0.4, -0.2) is 73.4 Å². The lowest BCUT2D eigenvalue weighted by atomic mass is 10.0. The summed E-state index contributed by atoms with van der Waals surface area (Å²) in [6, 6.07) is -0.853. The molecule has 3 unspecified atom stereocenters. The van der Waals surface area contributed by atoms with Crippen LogP contribution in [0.5, 0.6) is 0 Å². The number of amides is 1. The summed E-state index contributed by atoms with van der Waals surface area (Å²) in [6.45, 7) is 4.73. The predicted octanol–water partition coefficient (Wildman–Crippen LogP) is 20.0. The van der Waals surface area contributed by atoms with E-state index in [9.17, 15) is 19.4 Å². The third-order valence-electron chi connectivity index (χ3n) is 14.5. The molecule has 0 saturated carbocycles. The summed E-state index contributed by atoms with van der Waals surface area (Å²) < 4.78 is 23.8. The third-order valence-corrected chi connectivity index (χ3v) is 15.5. The van der Waals surface area contributed by atoms with Gasteiger partial charge in [-0.3, -0.25) is 13.8 Å². The van der Waals surface area contributed by atoms with Gasteiger partial charge in [-0.25, -0.2) is 4.57 Å². The maximum Gasteiger partial charge on any atom is 0.472 e. The maximum absolute atomic E-state index is 13.0. The molecule has 8 nitrogen and oxygen atoms in total. The first-order valence-corrected chi connectivity index (χ1v) is 33.7. The molecule has 0 aromatic rings. The van der Waals surface area contributed by atoms with Crippen molar-refractivity contribution in [2.24, 2.45) is 0 Å². The van der Waals surface area contributed by atoms with Gasteiger partial charge in [0.05, 0.1) is 39.9 Å². The highest BCUT2D eigenvalue weighted by atomic mass is 31.2. The van der Waals surface area contributed by atoms with Crippen molar-refractivity contribution in [3.05, 3.63) is 60.8 Å². The average molecular weight is 1070 g/mol. The molecule has 0 spiro atoms. The van der Waals surface area contributed by atoms with Crippen molar-refractivity contribution in [2.75, 3.05) is 40.9 Å². The molecule has 0 aromatic carbocycles. The Morgan fingerprint density at radius 3 is 1.17 bits per heavy atom. The Bertz CT molecular complexity index is 1400. The topological polar surface area (TPSA) is 105 Å². The Kier molecular flexibility index (Phi) is 55.5. The van der Waals surface area contributed by atoms with Crippen molar-refractivity contribution in [3.8, 4) is 0 Å². The van der Waals surface area contributed by atoms with Crippen molar-refractivity contribution in [2.45, 2.75) is 315 Å². The number of nitrogens with zero attached hydrogens (tertiary/aromatic N) is 1. The number of likely N-dealkylation sites (N-methyl/N-ethyl adjacent to an activating group) is 1. The zero-order valence-electron chi connectivity index (χ0n) is 50.3. The van der Waals surface area contributed by atoms with E-state index in [0.717, 1.165) is 64.2 Å². The van der Waals surface area contributed by atoms with Crippen LogP contribution < -0.4 is 5.32 Å². The summed E-state index contributed by atoms with van der Waals surface area (Å²) >= 11 is 0. The molecule has 0 radical (unpaired) electrons. The second kappa shape index (κ2) is 56.9. The molecule has 0 saturated heterocycles. The minimum absolute atomic E-state index is 0.0592. The van der Waals surface area contributed by atoms with E-state index in [-0.39, 0.29) is 19.1 Å². The normalized spacial score (nSPS) is 14.2. The monoisotopic (exact) mass is 1070 g/mol. The van der Waals surface area contributed by atoms with Crippen LogP contribution in [0.2, 0.25) is 0 Å². The van der Waals surface area contributed by atoms with Gasteiger partial charge in [0.2, 0.25) is 5.91 Å². The van der Waals surface area contributed by atoms with E-state index in [1.807, 2.05) is 27.2 Å². The molecule has 3 atom stereocenters. The van der Waals surface area contributed by atoms with Crippen LogP contribution >= 0.6 is 7.82 Å². The van der Waals surface area contributed by atoms with Crippen molar-refractivity contribution in [1.29, 1.82) is 0 Å². The first kappa shape index (κ1) is 73.2. The number of hydrogen-bond donors (Lipinski definition) is 3. The highest BCUT2D eigenvalue weighted by molar-refractivity contribution is 7.47. The van der Waals surface area contributed by atoms with Crippen LogP contribution in [0.4, 0.5) is 0 Å². The zero-order chi connectivity index (χ0) is 54.9.